The van der Waals surface area contributed by atoms with Crippen LogP contribution < -0.4 is 0 Å². The summed E-state index contributed by atoms with van der Waals surface area (Å²) in [7, 11) is 4.13. The first kappa shape index (κ1) is 13.5. The highest BCUT2D eigenvalue weighted by Crippen LogP contribution is 2.43. The van der Waals surface area contributed by atoms with Crippen molar-refractivity contribution in [3.8, 4) is 0 Å². The summed E-state index contributed by atoms with van der Waals surface area (Å²) in [6, 6.07) is 6.76. The fourth-order valence-corrected chi connectivity index (χ4v) is 2.83. The van der Waals surface area contributed by atoms with E-state index in [4.69, 9.17) is 4.74 Å². The molecule has 1 N–H and O–H groups in total. The summed E-state index contributed by atoms with van der Waals surface area (Å²) < 4.78 is 5.35. The number of hydrogen-bond acceptors (Lipinski definition) is 3. The molecule has 3 nitrogen and oxygen atoms in total. The van der Waals surface area contributed by atoms with E-state index in [0.717, 1.165) is 0 Å². The average molecular weight is 249 g/mol. The maximum Gasteiger partial charge on any atom is 0.0598 e. The van der Waals surface area contributed by atoms with Crippen LogP contribution in [0.4, 0.5) is 0 Å². The zero-order valence-corrected chi connectivity index (χ0v) is 11.7. The smallest absolute Gasteiger partial charge is 0.0598 e. The van der Waals surface area contributed by atoms with Crippen molar-refractivity contribution in [2.45, 2.75) is 19.9 Å². The fourth-order valence-electron chi connectivity index (χ4n) is 2.83. The van der Waals surface area contributed by atoms with Crippen LogP contribution in [0.15, 0.2) is 18.2 Å². The third-order valence-electron chi connectivity index (χ3n) is 4.04. The molecule has 1 unspecified atom stereocenters. The Morgan fingerprint density at radius 3 is 2.33 bits per heavy atom. The van der Waals surface area contributed by atoms with Crippen LogP contribution in [-0.4, -0.2) is 43.9 Å². The van der Waals surface area contributed by atoms with Crippen LogP contribution in [0.1, 0.15) is 22.7 Å². The van der Waals surface area contributed by atoms with Crippen molar-refractivity contribution in [3.63, 3.8) is 0 Å². The van der Waals surface area contributed by atoms with Gasteiger partial charge in [0.2, 0.25) is 0 Å². The van der Waals surface area contributed by atoms with Crippen LogP contribution in [0.3, 0.4) is 0 Å². The zero-order valence-electron chi connectivity index (χ0n) is 11.7. The van der Waals surface area contributed by atoms with Gasteiger partial charge in [-0.2, -0.15) is 0 Å². The number of rotatable bonds is 4. The number of ether oxygens (including phenoxy) is 1. The summed E-state index contributed by atoms with van der Waals surface area (Å²) in [5, 5.41) is 9.73. The lowest BCUT2D eigenvalue weighted by atomic mass is 9.75. The van der Waals surface area contributed by atoms with Crippen molar-refractivity contribution in [2.75, 3.05) is 33.9 Å². The van der Waals surface area contributed by atoms with Gasteiger partial charge in [-0.15, -0.1) is 0 Å². The molecule has 1 aliphatic heterocycles. The lowest BCUT2D eigenvalue weighted by Gasteiger charge is -2.48. The van der Waals surface area contributed by atoms with Gasteiger partial charge in [-0.1, -0.05) is 18.2 Å². The first-order chi connectivity index (χ1) is 8.50. The monoisotopic (exact) mass is 249 g/mol. The van der Waals surface area contributed by atoms with Gasteiger partial charge in [-0.25, -0.2) is 0 Å². The Hall–Kier alpha value is -0.900. The lowest BCUT2D eigenvalue weighted by Crippen LogP contribution is -2.53. The molecule has 0 radical (unpaired) electrons. The van der Waals surface area contributed by atoms with Crippen LogP contribution in [0.2, 0.25) is 0 Å². The summed E-state index contributed by atoms with van der Waals surface area (Å²) in [6.45, 7) is 5.70. The fraction of sp³-hybridized carbons (Fsp3) is 0.600. The van der Waals surface area contributed by atoms with Gasteiger partial charge >= 0.3 is 0 Å². The highest BCUT2D eigenvalue weighted by atomic mass is 16.5. The Kier molecular flexibility index (Phi) is 3.76. The Labute approximate surface area is 109 Å². The first-order valence-corrected chi connectivity index (χ1v) is 6.42. The third-order valence-corrected chi connectivity index (χ3v) is 4.04. The number of benzene rings is 1. The molecule has 1 heterocycles. The molecule has 1 aliphatic rings. The van der Waals surface area contributed by atoms with E-state index in [9.17, 15) is 5.11 Å². The van der Waals surface area contributed by atoms with Crippen LogP contribution >= 0.6 is 0 Å². The Balaban J connectivity index is 2.38. The normalized spacial score (nSPS) is 19.7. The third kappa shape index (κ3) is 2.18. The van der Waals surface area contributed by atoms with Gasteiger partial charge in [0, 0.05) is 6.04 Å². The van der Waals surface area contributed by atoms with Crippen molar-refractivity contribution < 1.29 is 9.84 Å². The minimum atomic E-state index is -0.148. The van der Waals surface area contributed by atoms with Gasteiger partial charge in [0.15, 0.2) is 0 Å². The van der Waals surface area contributed by atoms with E-state index in [2.05, 4.69) is 51.0 Å². The quantitative estimate of drug-likeness (QED) is 0.885. The maximum atomic E-state index is 9.73. The second kappa shape index (κ2) is 5.00. The number of aliphatic hydroxyl groups excluding tert-OH is 1. The minimum absolute atomic E-state index is 0.148. The molecule has 1 aromatic carbocycles. The van der Waals surface area contributed by atoms with Gasteiger partial charge in [-0.3, -0.25) is 0 Å². The van der Waals surface area contributed by atoms with Gasteiger partial charge in [-0.05, 0) is 44.6 Å². The molecule has 0 saturated carbocycles. The standard InChI is InChI=1S/C15H23NO2/c1-11-5-6-13(7-12(11)2)14(16(3)4)15(8-17)9-18-10-15/h5-7,14,17H,8-10H2,1-4H3. The van der Waals surface area contributed by atoms with Crippen molar-refractivity contribution in [3.05, 3.63) is 34.9 Å². The molecule has 1 fully saturated rings. The predicted molar refractivity (Wildman–Crippen MR) is 72.7 cm³/mol. The second-order valence-electron chi connectivity index (χ2n) is 5.72. The van der Waals surface area contributed by atoms with Crippen molar-refractivity contribution in [1.82, 2.24) is 4.90 Å². The molecule has 2 rings (SSSR count). The van der Waals surface area contributed by atoms with Crippen molar-refractivity contribution in [2.24, 2.45) is 5.41 Å². The van der Waals surface area contributed by atoms with Crippen LogP contribution in [0, 0.1) is 19.3 Å². The summed E-state index contributed by atoms with van der Waals surface area (Å²) in [5.41, 5.74) is 3.72. The van der Waals surface area contributed by atoms with Gasteiger partial charge in [0.05, 0.1) is 25.2 Å². The minimum Gasteiger partial charge on any atom is -0.396 e. The molecule has 0 aromatic heterocycles. The molecule has 0 bridgehead atoms. The second-order valence-corrected chi connectivity index (χ2v) is 5.72. The average Bonchev–Trinajstić information content (AvgIpc) is 2.27. The van der Waals surface area contributed by atoms with E-state index in [1.54, 1.807) is 0 Å². The molecule has 1 atom stereocenters. The van der Waals surface area contributed by atoms with Crippen molar-refractivity contribution in [1.29, 1.82) is 0 Å². The highest BCUT2D eigenvalue weighted by Gasteiger charge is 2.47. The first-order valence-electron chi connectivity index (χ1n) is 6.42. The Bertz CT molecular complexity index is 419. The number of aliphatic hydroxyl groups is 1. The molecule has 0 spiro atoms. The zero-order chi connectivity index (χ0) is 13.3. The maximum absolute atomic E-state index is 9.73. The number of hydrogen-bond donors (Lipinski definition) is 1. The summed E-state index contributed by atoms with van der Waals surface area (Å²) in [6.07, 6.45) is 0. The molecule has 3 heteroatoms. The van der Waals surface area contributed by atoms with E-state index < -0.39 is 0 Å². The van der Waals surface area contributed by atoms with E-state index in [1.807, 2.05) is 0 Å². The molecule has 0 amide bonds. The summed E-state index contributed by atoms with van der Waals surface area (Å²) >= 11 is 0. The summed E-state index contributed by atoms with van der Waals surface area (Å²) in [5.74, 6) is 0. The van der Waals surface area contributed by atoms with E-state index in [1.165, 1.54) is 16.7 Å². The van der Waals surface area contributed by atoms with Crippen LogP contribution in [0.5, 0.6) is 0 Å². The molecular weight excluding hydrogens is 226 g/mol. The predicted octanol–water partition coefficient (Wildman–Crippen LogP) is 1.92. The summed E-state index contributed by atoms with van der Waals surface area (Å²) in [4.78, 5) is 2.18. The van der Waals surface area contributed by atoms with Gasteiger partial charge in [0.1, 0.15) is 0 Å². The molecule has 18 heavy (non-hydrogen) atoms. The van der Waals surface area contributed by atoms with E-state index in [-0.39, 0.29) is 18.1 Å². The van der Waals surface area contributed by atoms with E-state index >= 15 is 0 Å². The number of nitrogens with zero attached hydrogens (tertiary/aromatic N) is 1. The topological polar surface area (TPSA) is 32.7 Å². The molecule has 1 aromatic rings. The SMILES string of the molecule is Cc1ccc(C(N(C)C)C2(CO)COC2)cc1C. The largest absolute Gasteiger partial charge is 0.396 e. The highest BCUT2D eigenvalue weighted by molar-refractivity contribution is 5.33. The lowest BCUT2D eigenvalue weighted by molar-refractivity contribution is -0.172. The van der Waals surface area contributed by atoms with Gasteiger partial charge in [0.25, 0.3) is 0 Å². The molecule has 100 valence electrons. The Morgan fingerprint density at radius 1 is 1.28 bits per heavy atom. The number of aryl methyl sites for hydroxylation is 2. The van der Waals surface area contributed by atoms with Crippen LogP contribution in [-0.2, 0) is 4.74 Å². The van der Waals surface area contributed by atoms with Crippen molar-refractivity contribution >= 4 is 0 Å². The van der Waals surface area contributed by atoms with Gasteiger partial charge < -0.3 is 14.7 Å². The molecule has 1 saturated heterocycles. The van der Waals surface area contributed by atoms with E-state index in [0.29, 0.717) is 13.2 Å². The van der Waals surface area contributed by atoms with Crippen LogP contribution in [0.25, 0.3) is 0 Å². The molecular formula is C15H23NO2. The Morgan fingerprint density at radius 2 is 1.94 bits per heavy atom. The molecule has 0 aliphatic carbocycles.